The molecule has 0 saturated carbocycles. The van der Waals surface area contributed by atoms with Crippen LogP contribution in [0.25, 0.3) is 0 Å². The SMILES string of the molecule is N#Cc1ccccc1NC(=O)c1ccnc(Nc2ccc(F)cc2)n1. The summed E-state index contributed by atoms with van der Waals surface area (Å²) in [6, 6.07) is 15.8. The molecule has 0 aliphatic carbocycles. The Bertz CT molecular complexity index is 950. The quantitative estimate of drug-likeness (QED) is 0.763. The third-order valence-electron chi connectivity index (χ3n) is 3.28. The molecule has 0 unspecified atom stereocenters. The molecular formula is C18H12FN5O. The molecule has 0 bridgehead atoms. The predicted octanol–water partition coefficient (Wildman–Crippen LogP) is 3.48. The van der Waals surface area contributed by atoms with Gasteiger partial charge >= 0.3 is 0 Å². The Labute approximate surface area is 143 Å². The number of carbonyl (C=O) groups is 1. The van der Waals surface area contributed by atoms with Crippen molar-refractivity contribution in [3.63, 3.8) is 0 Å². The number of nitrogens with zero attached hydrogens (tertiary/aromatic N) is 3. The molecule has 0 fully saturated rings. The van der Waals surface area contributed by atoms with Gasteiger partial charge in [0, 0.05) is 11.9 Å². The summed E-state index contributed by atoms with van der Waals surface area (Å²) in [5.41, 5.74) is 1.48. The fourth-order valence-corrected chi connectivity index (χ4v) is 2.08. The normalized spacial score (nSPS) is 9.92. The van der Waals surface area contributed by atoms with E-state index in [9.17, 15) is 9.18 Å². The molecule has 0 aliphatic rings. The third-order valence-corrected chi connectivity index (χ3v) is 3.28. The predicted molar refractivity (Wildman–Crippen MR) is 90.8 cm³/mol. The van der Waals surface area contributed by atoms with Gasteiger partial charge in [0.05, 0.1) is 11.3 Å². The van der Waals surface area contributed by atoms with Crippen LogP contribution >= 0.6 is 0 Å². The first-order valence-electron chi connectivity index (χ1n) is 7.32. The van der Waals surface area contributed by atoms with E-state index in [1.165, 1.54) is 36.5 Å². The second-order valence-electron chi connectivity index (χ2n) is 5.01. The van der Waals surface area contributed by atoms with Crippen LogP contribution in [0.2, 0.25) is 0 Å². The molecule has 1 amide bonds. The van der Waals surface area contributed by atoms with E-state index in [-0.39, 0.29) is 17.5 Å². The number of amides is 1. The maximum atomic E-state index is 12.9. The molecule has 122 valence electrons. The molecule has 1 heterocycles. The summed E-state index contributed by atoms with van der Waals surface area (Å²) in [5, 5.41) is 14.6. The van der Waals surface area contributed by atoms with E-state index in [1.807, 2.05) is 6.07 Å². The first-order valence-corrected chi connectivity index (χ1v) is 7.32. The smallest absolute Gasteiger partial charge is 0.274 e. The summed E-state index contributed by atoms with van der Waals surface area (Å²) < 4.78 is 12.9. The Morgan fingerprint density at radius 1 is 1.08 bits per heavy atom. The van der Waals surface area contributed by atoms with Crippen LogP contribution in [-0.2, 0) is 0 Å². The number of hydrogen-bond donors (Lipinski definition) is 2. The first-order chi connectivity index (χ1) is 12.2. The summed E-state index contributed by atoms with van der Waals surface area (Å²) in [7, 11) is 0. The molecule has 2 N–H and O–H groups in total. The number of anilines is 3. The van der Waals surface area contributed by atoms with E-state index in [0.29, 0.717) is 16.9 Å². The Morgan fingerprint density at radius 3 is 2.60 bits per heavy atom. The van der Waals surface area contributed by atoms with Crippen LogP contribution in [0.15, 0.2) is 60.8 Å². The van der Waals surface area contributed by atoms with Crippen molar-refractivity contribution in [2.24, 2.45) is 0 Å². The minimum absolute atomic E-state index is 0.132. The summed E-state index contributed by atoms with van der Waals surface area (Å²) in [5.74, 6) is -0.615. The zero-order chi connectivity index (χ0) is 17.6. The van der Waals surface area contributed by atoms with Gasteiger partial charge < -0.3 is 10.6 Å². The van der Waals surface area contributed by atoms with E-state index >= 15 is 0 Å². The number of nitrogens with one attached hydrogen (secondary N) is 2. The molecule has 1 aromatic heterocycles. The van der Waals surface area contributed by atoms with Crippen molar-refractivity contribution in [3.05, 3.63) is 77.9 Å². The fraction of sp³-hybridized carbons (Fsp3) is 0. The van der Waals surface area contributed by atoms with E-state index in [1.54, 1.807) is 24.3 Å². The largest absolute Gasteiger partial charge is 0.324 e. The minimum atomic E-state index is -0.466. The van der Waals surface area contributed by atoms with Gasteiger partial charge in [-0.2, -0.15) is 5.26 Å². The lowest BCUT2D eigenvalue weighted by Gasteiger charge is -2.08. The van der Waals surface area contributed by atoms with Gasteiger partial charge in [-0.25, -0.2) is 14.4 Å². The summed E-state index contributed by atoms with van der Waals surface area (Å²) in [6.45, 7) is 0. The minimum Gasteiger partial charge on any atom is -0.324 e. The van der Waals surface area contributed by atoms with Crippen LogP contribution in [0.1, 0.15) is 16.1 Å². The van der Waals surface area contributed by atoms with Gasteiger partial charge in [-0.1, -0.05) is 12.1 Å². The molecule has 0 radical (unpaired) electrons. The number of aromatic nitrogens is 2. The van der Waals surface area contributed by atoms with Crippen molar-refractivity contribution in [1.82, 2.24) is 9.97 Å². The Morgan fingerprint density at radius 2 is 1.84 bits per heavy atom. The van der Waals surface area contributed by atoms with Gasteiger partial charge in [0.2, 0.25) is 5.95 Å². The van der Waals surface area contributed by atoms with Crippen molar-refractivity contribution in [2.45, 2.75) is 0 Å². The number of rotatable bonds is 4. The summed E-state index contributed by atoms with van der Waals surface area (Å²) >= 11 is 0. The van der Waals surface area contributed by atoms with E-state index < -0.39 is 5.91 Å². The molecular weight excluding hydrogens is 321 g/mol. The highest BCUT2D eigenvalue weighted by Gasteiger charge is 2.11. The highest BCUT2D eigenvalue weighted by Crippen LogP contribution is 2.16. The van der Waals surface area contributed by atoms with Gasteiger partial charge in [-0.3, -0.25) is 4.79 Å². The molecule has 0 atom stereocenters. The number of para-hydroxylation sites is 1. The van der Waals surface area contributed by atoms with Crippen molar-refractivity contribution < 1.29 is 9.18 Å². The highest BCUT2D eigenvalue weighted by molar-refractivity contribution is 6.03. The van der Waals surface area contributed by atoms with Crippen molar-refractivity contribution >= 4 is 23.2 Å². The maximum Gasteiger partial charge on any atom is 0.274 e. The maximum absolute atomic E-state index is 12.9. The first kappa shape index (κ1) is 16.1. The molecule has 3 rings (SSSR count). The third kappa shape index (κ3) is 3.95. The molecule has 7 heteroatoms. The van der Waals surface area contributed by atoms with Gasteiger partial charge in [0.25, 0.3) is 5.91 Å². The van der Waals surface area contributed by atoms with Gasteiger partial charge in [0.1, 0.15) is 17.6 Å². The van der Waals surface area contributed by atoms with Crippen LogP contribution in [0.4, 0.5) is 21.7 Å². The van der Waals surface area contributed by atoms with Gasteiger partial charge in [0.15, 0.2) is 0 Å². The average molecular weight is 333 g/mol. The van der Waals surface area contributed by atoms with E-state index in [4.69, 9.17) is 5.26 Å². The highest BCUT2D eigenvalue weighted by atomic mass is 19.1. The Kier molecular flexibility index (Phi) is 4.62. The van der Waals surface area contributed by atoms with Crippen LogP contribution in [0, 0.1) is 17.1 Å². The Balaban J connectivity index is 1.77. The topological polar surface area (TPSA) is 90.7 Å². The van der Waals surface area contributed by atoms with Gasteiger partial charge in [-0.15, -0.1) is 0 Å². The number of halogens is 1. The van der Waals surface area contributed by atoms with Gasteiger partial charge in [-0.05, 0) is 42.5 Å². The van der Waals surface area contributed by atoms with Crippen LogP contribution in [-0.4, -0.2) is 15.9 Å². The lowest BCUT2D eigenvalue weighted by atomic mass is 10.2. The van der Waals surface area contributed by atoms with Crippen LogP contribution in [0.3, 0.4) is 0 Å². The molecule has 0 spiro atoms. The molecule has 2 aromatic carbocycles. The van der Waals surface area contributed by atoms with Crippen molar-refractivity contribution in [1.29, 1.82) is 5.26 Å². The molecule has 0 aliphatic heterocycles. The number of carbonyl (C=O) groups excluding carboxylic acids is 1. The number of benzene rings is 2. The molecule has 3 aromatic rings. The fourth-order valence-electron chi connectivity index (χ4n) is 2.08. The zero-order valence-electron chi connectivity index (χ0n) is 12.9. The monoisotopic (exact) mass is 333 g/mol. The zero-order valence-corrected chi connectivity index (χ0v) is 12.9. The summed E-state index contributed by atoms with van der Waals surface area (Å²) in [6.07, 6.45) is 1.43. The molecule has 0 saturated heterocycles. The second-order valence-corrected chi connectivity index (χ2v) is 5.01. The van der Waals surface area contributed by atoms with Crippen molar-refractivity contribution in [3.8, 4) is 6.07 Å². The van der Waals surface area contributed by atoms with E-state index in [2.05, 4.69) is 20.6 Å². The van der Waals surface area contributed by atoms with Crippen LogP contribution in [0.5, 0.6) is 0 Å². The van der Waals surface area contributed by atoms with E-state index in [0.717, 1.165) is 0 Å². The lowest BCUT2D eigenvalue weighted by Crippen LogP contribution is -2.15. The standard InChI is InChI=1S/C18H12FN5O/c19-13-5-7-14(8-6-13)22-18-21-10-9-16(24-18)17(25)23-15-4-2-1-3-12(15)11-20/h1-10H,(H,23,25)(H,21,22,24). The number of hydrogen-bond acceptors (Lipinski definition) is 5. The molecule has 6 nitrogen and oxygen atoms in total. The number of nitriles is 1. The molecule has 25 heavy (non-hydrogen) atoms. The lowest BCUT2D eigenvalue weighted by molar-refractivity contribution is 0.102. The Hall–Kier alpha value is -3.79. The average Bonchev–Trinajstić information content (AvgIpc) is 2.64. The second kappa shape index (κ2) is 7.19. The van der Waals surface area contributed by atoms with Crippen LogP contribution < -0.4 is 10.6 Å². The van der Waals surface area contributed by atoms with Crippen molar-refractivity contribution in [2.75, 3.05) is 10.6 Å². The summed E-state index contributed by atoms with van der Waals surface area (Å²) in [4.78, 5) is 20.5.